The Bertz CT molecular complexity index is 470. The molecule has 0 saturated carbocycles. The van der Waals surface area contributed by atoms with Gasteiger partial charge in [0.25, 0.3) is 5.91 Å². The molecule has 1 aromatic carbocycles. The van der Waals surface area contributed by atoms with Gasteiger partial charge in [-0.3, -0.25) is 4.79 Å². The van der Waals surface area contributed by atoms with E-state index in [1.807, 2.05) is 0 Å². The zero-order chi connectivity index (χ0) is 13.9. The standard InChI is InChI=1S/C14H18BrNO3/c1-14(5-7-19-8-6-14)16-13(17)10-3-4-12(18-2)11(15)9-10/h3-4,9H,5-8H2,1-2H3,(H,16,17). The van der Waals surface area contributed by atoms with Crippen LogP contribution in [0.25, 0.3) is 0 Å². The van der Waals surface area contributed by atoms with Crippen LogP contribution in [0.3, 0.4) is 0 Å². The number of carbonyl (C=O) groups excluding carboxylic acids is 1. The van der Waals surface area contributed by atoms with E-state index in [9.17, 15) is 4.79 Å². The summed E-state index contributed by atoms with van der Waals surface area (Å²) < 4.78 is 11.3. The minimum absolute atomic E-state index is 0.0623. The third-order valence-corrected chi connectivity index (χ3v) is 4.05. The van der Waals surface area contributed by atoms with Gasteiger partial charge in [0.2, 0.25) is 0 Å². The Hall–Kier alpha value is -1.07. The second kappa shape index (κ2) is 5.92. The van der Waals surface area contributed by atoms with Gasteiger partial charge in [0.1, 0.15) is 5.75 Å². The highest BCUT2D eigenvalue weighted by molar-refractivity contribution is 9.10. The molecule has 104 valence electrons. The summed E-state index contributed by atoms with van der Waals surface area (Å²) in [5.74, 6) is 0.654. The van der Waals surface area contributed by atoms with Gasteiger partial charge in [0, 0.05) is 24.3 Å². The molecule has 2 rings (SSSR count). The van der Waals surface area contributed by atoms with Crippen molar-refractivity contribution in [2.45, 2.75) is 25.3 Å². The van der Waals surface area contributed by atoms with E-state index in [1.165, 1.54) is 0 Å². The number of benzene rings is 1. The number of methoxy groups -OCH3 is 1. The molecule has 0 atom stereocenters. The number of halogens is 1. The fourth-order valence-electron chi connectivity index (χ4n) is 2.10. The van der Waals surface area contributed by atoms with Gasteiger partial charge in [-0.1, -0.05) is 0 Å². The lowest BCUT2D eigenvalue weighted by atomic mass is 9.92. The second-order valence-electron chi connectivity index (χ2n) is 4.98. The molecule has 0 radical (unpaired) electrons. The summed E-state index contributed by atoms with van der Waals surface area (Å²) in [5, 5.41) is 3.10. The van der Waals surface area contributed by atoms with Gasteiger partial charge in [-0.15, -0.1) is 0 Å². The van der Waals surface area contributed by atoms with Crippen LogP contribution in [0.5, 0.6) is 5.75 Å². The van der Waals surface area contributed by atoms with Gasteiger partial charge >= 0.3 is 0 Å². The van der Waals surface area contributed by atoms with Crippen molar-refractivity contribution >= 4 is 21.8 Å². The monoisotopic (exact) mass is 327 g/mol. The Balaban J connectivity index is 2.09. The highest BCUT2D eigenvalue weighted by Crippen LogP contribution is 2.26. The first-order chi connectivity index (χ1) is 9.04. The molecule has 1 aromatic rings. The molecule has 0 spiro atoms. The average Bonchev–Trinajstić information content (AvgIpc) is 2.39. The molecule has 0 bridgehead atoms. The zero-order valence-electron chi connectivity index (χ0n) is 11.2. The van der Waals surface area contributed by atoms with Crippen LogP contribution in [0.4, 0.5) is 0 Å². The normalized spacial score (nSPS) is 17.8. The van der Waals surface area contributed by atoms with E-state index in [-0.39, 0.29) is 11.4 Å². The van der Waals surface area contributed by atoms with Crippen molar-refractivity contribution in [2.75, 3.05) is 20.3 Å². The second-order valence-corrected chi connectivity index (χ2v) is 5.83. The first-order valence-electron chi connectivity index (χ1n) is 6.28. The quantitative estimate of drug-likeness (QED) is 0.928. The lowest BCUT2D eigenvalue weighted by molar-refractivity contribution is 0.0423. The minimum atomic E-state index is -0.179. The van der Waals surface area contributed by atoms with Crippen molar-refractivity contribution in [2.24, 2.45) is 0 Å². The lowest BCUT2D eigenvalue weighted by Crippen LogP contribution is -2.49. The predicted molar refractivity (Wildman–Crippen MR) is 76.6 cm³/mol. The summed E-state index contributed by atoms with van der Waals surface area (Å²) in [6.07, 6.45) is 1.69. The molecule has 0 aromatic heterocycles. The molecule has 0 unspecified atom stereocenters. The molecule has 1 aliphatic heterocycles. The van der Waals surface area contributed by atoms with Gasteiger partial charge in [-0.2, -0.15) is 0 Å². The largest absolute Gasteiger partial charge is 0.496 e. The Morgan fingerprint density at radius 3 is 2.68 bits per heavy atom. The van der Waals surface area contributed by atoms with Crippen LogP contribution < -0.4 is 10.1 Å². The first-order valence-corrected chi connectivity index (χ1v) is 7.07. The summed E-state index contributed by atoms with van der Waals surface area (Å²) in [4.78, 5) is 12.3. The molecule has 1 N–H and O–H groups in total. The van der Waals surface area contributed by atoms with Crippen LogP contribution in [0.2, 0.25) is 0 Å². The molecule has 19 heavy (non-hydrogen) atoms. The van der Waals surface area contributed by atoms with Crippen molar-refractivity contribution < 1.29 is 14.3 Å². The number of hydrogen-bond donors (Lipinski definition) is 1. The summed E-state index contributed by atoms with van der Waals surface area (Å²) in [7, 11) is 1.60. The summed E-state index contributed by atoms with van der Waals surface area (Å²) in [6, 6.07) is 5.32. The molecule has 1 aliphatic rings. The van der Waals surface area contributed by atoms with Gasteiger partial charge < -0.3 is 14.8 Å². The third kappa shape index (κ3) is 3.48. The van der Waals surface area contributed by atoms with Gasteiger partial charge in [0.15, 0.2) is 0 Å². The first kappa shape index (κ1) is 14.3. The van der Waals surface area contributed by atoms with Gasteiger partial charge in [-0.25, -0.2) is 0 Å². The highest BCUT2D eigenvalue weighted by atomic mass is 79.9. The Kier molecular flexibility index (Phi) is 4.47. The fraction of sp³-hybridized carbons (Fsp3) is 0.500. The Morgan fingerprint density at radius 1 is 1.42 bits per heavy atom. The SMILES string of the molecule is COc1ccc(C(=O)NC2(C)CCOCC2)cc1Br. The third-order valence-electron chi connectivity index (χ3n) is 3.43. The van der Waals surface area contributed by atoms with E-state index < -0.39 is 0 Å². The maximum atomic E-state index is 12.3. The van der Waals surface area contributed by atoms with Crippen molar-refractivity contribution in [3.8, 4) is 5.75 Å². The summed E-state index contributed by atoms with van der Waals surface area (Å²) in [5.41, 5.74) is 0.447. The summed E-state index contributed by atoms with van der Waals surface area (Å²) in [6.45, 7) is 3.46. The number of amides is 1. The minimum Gasteiger partial charge on any atom is -0.496 e. The Morgan fingerprint density at radius 2 is 2.11 bits per heavy atom. The summed E-state index contributed by atoms with van der Waals surface area (Å²) >= 11 is 3.39. The maximum absolute atomic E-state index is 12.3. The van der Waals surface area contributed by atoms with Crippen LogP contribution in [-0.2, 0) is 4.74 Å². The molecule has 0 aliphatic carbocycles. The zero-order valence-corrected chi connectivity index (χ0v) is 12.7. The highest BCUT2D eigenvalue weighted by Gasteiger charge is 2.29. The van der Waals surface area contributed by atoms with E-state index in [2.05, 4.69) is 28.2 Å². The van der Waals surface area contributed by atoms with Crippen LogP contribution in [0, 0.1) is 0 Å². The molecule has 1 heterocycles. The van der Waals surface area contributed by atoms with E-state index >= 15 is 0 Å². The van der Waals surface area contributed by atoms with Crippen LogP contribution in [0.1, 0.15) is 30.1 Å². The molecule has 4 nitrogen and oxygen atoms in total. The smallest absolute Gasteiger partial charge is 0.251 e. The molecule has 1 saturated heterocycles. The van der Waals surface area contributed by atoms with Gasteiger partial charge in [-0.05, 0) is 53.9 Å². The van der Waals surface area contributed by atoms with E-state index in [1.54, 1.807) is 25.3 Å². The maximum Gasteiger partial charge on any atom is 0.251 e. The number of hydrogen-bond acceptors (Lipinski definition) is 3. The van der Waals surface area contributed by atoms with Crippen LogP contribution in [0.15, 0.2) is 22.7 Å². The van der Waals surface area contributed by atoms with Crippen molar-refractivity contribution in [3.05, 3.63) is 28.2 Å². The Labute approximate surface area is 121 Å². The van der Waals surface area contributed by atoms with Crippen molar-refractivity contribution in [1.82, 2.24) is 5.32 Å². The average molecular weight is 328 g/mol. The number of rotatable bonds is 3. The lowest BCUT2D eigenvalue weighted by Gasteiger charge is -2.34. The number of nitrogens with one attached hydrogen (secondary N) is 1. The molecular weight excluding hydrogens is 310 g/mol. The van der Waals surface area contributed by atoms with Crippen molar-refractivity contribution in [3.63, 3.8) is 0 Å². The van der Waals surface area contributed by atoms with E-state index in [4.69, 9.17) is 9.47 Å². The van der Waals surface area contributed by atoms with Gasteiger partial charge in [0.05, 0.1) is 11.6 Å². The number of ether oxygens (including phenoxy) is 2. The molecule has 1 amide bonds. The molecule has 1 fully saturated rings. The number of carbonyl (C=O) groups is 1. The molecule has 5 heteroatoms. The molecular formula is C14H18BrNO3. The van der Waals surface area contributed by atoms with Crippen molar-refractivity contribution in [1.29, 1.82) is 0 Å². The van der Waals surface area contributed by atoms with E-state index in [0.717, 1.165) is 17.3 Å². The fourth-order valence-corrected chi connectivity index (χ4v) is 2.64. The predicted octanol–water partition coefficient (Wildman–Crippen LogP) is 2.76. The topological polar surface area (TPSA) is 47.6 Å². The van der Waals surface area contributed by atoms with E-state index in [0.29, 0.717) is 24.5 Å². The van der Waals surface area contributed by atoms with Crippen LogP contribution >= 0.6 is 15.9 Å². The van der Waals surface area contributed by atoms with Crippen LogP contribution in [-0.4, -0.2) is 31.8 Å².